The second-order valence-corrected chi connectivity index (χ2v) is 7.07. The van der Waals surface area contributed by atoms with Crippen molar-refractivity contribution in [1.82, 2.24) is 4.72 Å². The molecule has 0 saturated heterocycles. The predicted molar refractivity (Wildman–Crippen MR) is 86.3 cm³/mol. The van der Waals surface area contributed by atoms with E-state index in [-0.39, 0.29) is 9.92 Å². The van der Waals surface area contributed by atoms with E-state index in [2.05, 4.69) is 4.72 Å². The van der Waals surface area contributed by atoms with Crippen LogP contribution in [0.2, 0.25) is 5.02 Å². The van der Waals surface area contributed by atoms with Crippen LogP contribution in [0.5, 0.6) is 0 Å². The van der Waals surface area contributed by atoms with Gasteiger partial charge in [-0.1, -0.05) is 48.0 Å². The summed E-state index contributed by atoms with van der Waals surface area (Å²) in [7, 11) is -3.59. The van der Waals surface area contributed by atoms with Crippen molar-refractivity contribution < 1.29 is 8.42 Å². The molecule has 5 heteroatoms. The van der Waals surface area contributed by atoms with Crippen LogP contribution < -0.4 is 4.72 Å². The van der Waals surface area contributed by atoms with Crippen LogP contribution in [-0.4, -0.2) is 15.0 Å². The zero-order chi connectivity index (χ0) is 15.5. The van der Waals surface area contributed by atoms with Gasteiger partial charge in [0.05, 0.1) is 5.02 Å². The average molecular weight is 324 g/mol. The highest BCUT2D eigenvalue weighted by Gasteiger charge is 2.19. The van der Waals surface area contributed by atoms with Gasteiger partial charge in [0.25, 0.3) is 0 Å². The van der Waals surface area contributed by atoms with Crippen molar-refractivity contribution in [2.75, 3.05) is 6.54 Å². The number of rotatable bonds is 5. The fourth-order valence-corrected chi connectivity index (χ4v) is 4.10. The molecule has 0 bridgehead atoms. The molecule has 21 heavy (non-hydrogen) atoms. The summed E-state index contributed by atoms with van der Waals surface area (Å²) in [5.41, 5.74) is 2.94. The summed E-state index contributed by atoms with van der Waals surface area (Å²) in [5.74, 6) is 0. The first-order chi connectivity index (χ1) is 9.92. The molecule has 2 aromatic carbocycles. The molecule has 0 unspecified atom stereocenters. The second kappa shape index (κ2) is 6.60. The van der Waals surface area contributed by atoms with Crippen LogP contribution in [0.3, 0.4) is 0 Å². The second-order valence-electron chi connectivity index (χ2n) is 4.96. The van der Waals surface area contributed by atoms with Gasteiger partial charge in [-0.2, -0.15) is 0 Å². The lowest BCUT2D eigenvalue weighted by atomic mass is 10.1. The van der Waals surface area contributed by atoms with E-state index in [1.807, 2.05) is 31.2 Å². The number of halogens is 1. The molecule has 2 aromatic rings. The van der Waals surface area contributed by atoms with Crippen LogP contribution in [0.25, 0.3) is 0 Å². The first kappa shape index (κ1) is 16.0. The van der Waals surface area contributed by atoms with Crippen LogP contribution in [0.1, 0.15) is 16.7 Å². The summed E-state index contributed by atoms with van der Waals surface area (Å²) in [6.07, 6.45) is 0.648. The Balaban J connectivity index is 2.11. The molecular formula is C16H18ClNO2S. The van der Waals surface area contributed by atoms with Gasteiger partial charge in [0, 0.05) is 6.54 Å². The van der Waals surface area contributed by atoms with Gasteiger partial charge in [0.15, 0.2) is 0 Å². The smallest absolute Gasteiger partial charge is 0.211 e. The zero-order valence-corrected chi connectivity index (χ0v) is 13.6. The van der Waals surface area contributed by atoms with Gasteiger partial charge < -0.3 is 0 Å². The predicted octanol–water partition coefficient (Wildman–Crippen LogP) is 3.48. The lowest BCUT2D eigenvalue weighted by molar-refractivity contribution is 0.581. The van der Waals surface area contributed by atoms with Crippen molar-refractivity contribution in [1.29, 1.82) is 0 Å². The van der Waals surface area contributed by atoms with E-state index in [1.54, 1.807) is 25.1 Å². The molecule has 0 amide bonds. The van der Waals surface area contributed by atoms with Crippen molar-refractivity contribution in [3.63, 3.8) is 0 Å². The number of nitrogens with one attached hydrogen (secondary N) is 1. The Kier molecular flexibility index (Phi) is 5.04. The van der Waals surface area contributed by atoms with Crippen molar-refractivity contribution in [3.05, 3.63) is 64.2 Å². The number of hydrogen-bond acceptors (Lipinski definition) is 2. The maximum Gasteiger partial charge on any atom is 0.242 e. The van der Waals surface area contributed by atoms with Crippen molar-refractivity contribution in [2.24, 2.45) is 0 Å². The number of hydrogen-bond donors (Lipinski definition) is 1. The van der Waals surface area contributed by atoms with Gasteiger partial charge in [-0.3, -0.25) is 0 Å². The first-order valence-electron chi connectivity index (χ1n) is 6.71. The van der Waals surface area contributed by atoms with E-state index >= 15 is 0 Å². The Hall–Kier alpha value is -1.36. The van der Waals surface area contributed by atoms with Gasteiger partial charge in [-0.25, -0.2) is 13.1 Å². The van der Waals surface area contributed by atoms with Crippen LogP contribution >= 0.6 is 11.6 Å². The van der Waals surface area contributed by atoms with Gasteiger partial charge in [-0.05, 0) is 43.0 Å². The van der Waals surface area contributed by atoms with E-state index in [9.17, 15) is 8.42 Å². The minimum atomic E-state index is -3.59. The van der Waals surface area contributed by atoms with E-state index in [0.29, 0.717) is 18.5 Å². The Morgan fingerprint density at radius 3 is 2.33 bits per heavy atom. The van der Waals surface area contributed by atoms with E-state index in [4.69, 9.17) is 11.6 Å². The Labute approximate surface area is 131 Å². The Bertz CT molecular complexity index is 721. The van der Waals surface area contributed by atoms with Gasteiger partial charge in [-0.15, -0.1) is 0 Å². The third-order valence-electron chi connectivity index (χ3n) is 3.38. The molecule has 0 aliphatic heterocycles. The van der Waals surface area contributed by atoms with Crippen LogP contribution in [0.4, 0.5) is 0 Å². The zero-order valence-electron chi connectivity index (χ0n) is 12.1. The molecule has 0 radical (unpaired) electrons. The molecular weight excluding hydrogens is 306 g/mol. The molecule has 0 spiro atoms. The molecule has 0 fully saturated rings. The molecule has 0 aromatic heterocycles. The van der Waals surface area contributed by atoms with Crippen molar-refractivity contribution in [2.45, 2.75) is 25.2 Å². The van der Waals surface area contributed by atoms with Gasteiger partial charge in [0.2, 0.25) is 10.0 Å². The Morgan fingerprint density at radius 2 is 1.67 bits per heavy atom. The minimum Gasteiger partial charge on any atom is -0.211 e. The number of aryl methyl sites for hydroxylation is 2. The normalized spacial score (nSPS) is 11.6. The quantitative estimate of drug-likeness (QED) is 0.915. The molecule has 1 N–H and O–H groups in total. The summed E-state index contributed by atoms with van der Waals surface area (Å²) >= 11 is 6.02. The topological polar surface area (TPSA) is 46.2 Å². The minimum absolute atomic E-state index is 0.163. The summed E-state index contributed by atoms with van der Waals surface area (Å²) in [5, 5.41) is 0.249. The number of benzene rings is 2. The molecule has 0 heterocycles. The Morgan fingerprint density at radius 1 is 1.00 bits per heavy atom. The molecule has 0 atom stereocenters. The molecule has 0 aliphatic rings. The standard InChI is InChI=1S/C16H18ClNO2S/c1-12-6-3-4-8-14(12)10-11-18-21(19,20)16-13(2)7-5-9-15(16)17/h3-9,18H,10-11H2,1-2H3. The van der Waals surface area contributed by atoms with E-state index in [0.717, 1.165) is 11.1 Å². The first-order valence-corrected chi connectivity index (χ1v) is 8.57. The van der Waals surface area contributed by atoms with Crippen LogP contribution in [0.15, 0.2) is 47.4 Å². The SMILES string of the molecule is Cc1ccccc1CCNS(=O)(=O)c1c(C)cccc1Cl. The third kappa shape index (κ3) is 3.84. The lowest BCUT2D eigenvalue weighted by Crippen LogP contribution is -2.27. The fraction of sp³-hybridized carbons (Fsp3) is 0.250. The lowest BCUT2D eigenvalue weighted by Gasteiger charge is -2.11. The molecule has 2 rings (SSSR count). The van der Waals surface area contributed by atoms with Crippen LogP contribution in [-0.2, 0) is 16.4 Å². The molecule has 3 nitrogen and oxygen atoms in total. The van der Waals surface area contributed by atoms with Crippen LogP contribution in [0, 0.1) is 13.8 Å². The highest BCUT2D eigenvalue weighted by molar-refractivity contribution is 7.89. The monoisotopic (exact) mass is 323 g/mol. The summed E-state index contributed by atoms with van der Waals surface area (Å²) < 4.78 is 27.3. The van der Waals surface area contributed by atoms with Crippen molar-refractivity contribution in [3.8, 4) is 0 Å². The molecule has 112 valence electrons. The van der Waals surface area contributed by atoms with E-state index < -0.39 is 10.0 Å². The number of sulfonamides is 1. The highest BCUT2D eigenvalue weighted by atomic mass is 35.5. The maximum atomic E-state index is 12.4. The van der Waals surface area contributed by atoms with Crippen molar-refractivity contribution >= 4 is 21.6 Å². The molecule has 0 saturated carbocycles. The largest absolute Gasteiger partial charge is 0.242 e. The summed E-state index contributed by atoms with van der Waals surface area (Å²) in [6.45, 7) is 4.10. The maximum absolute atomic E-state index is 12.4. The van der Waals surface area contributed by atoms with Gasteiger partial charge in [0.1, 0.15) is 4.90 Å². The van der Waals surface area contributed by atoms with E-state index in [1.165, 1.54) is 0 Å². The molecule has 0 aliphatic carbocycles. The fourth-order valence-electron chi connectivity index (χ4n) is 2.24. The third-order valence-corrected chi connectivity index (χ3v) is 5.47. The average Bonchev–Trinajstić information content (AvgIpc) is 2.40. The summed E-state index contributed by atoms with van der Waals surface area (Å²) in [4.78, 5) is 0.163. The summed E-state index contributed by atoms with van der Waals surface area (Å²) in [6, 6.07) is 13.0. The highest BCUT2D eigenvalue weighted by Crippen LogP contribution is 2.24. The van der Waals surface area contributed by atoms with Gasteiger partial charge >= 0.3 is 0 Å².